The Bertz CT molecular complexity index is 720. The van der Waals surface area contributed by atoms with Gasteiger partial charge in [0.15, 0.2) is 0 Å². The van der Waals surface area contributed by atoms with Crippen LogP contribution >= 0.6 is 0 Å². The number of hydrogen-bond acceptors (Lipinski definition) is 4. The minimum atomic E-state index is -1.13. The summed E-state index contributed by atoms with van der Waals surface area (Å²) >= 11 is 0. The third-order valence-electron chi connectivity index (χ3n) is 3.57. The van der Waals surface area contributed by atoms with E-state index in [9.17, 15) is 9.59 Å². The van der Waals surface area contributed by atoms with Crippen LogP contribution in [0.25, 0.3) is 11.3 Å². The number of anilines is 1. The van der Waals surface area contributed by atoms with E-state index in [4.69, 9.17) is 14.3 Å². The molecule has 2 N–H and O–H groups in total. The molecule has 0 unspecified atom stereocenters. The number of unbranched alkanes of at least 4 members (excludes halogenated alkanes) is 2. The molecular weight excluding hydrogens is 310 g/mol. The van der Waals surface area contributed by atoms with E-state index in [0.29, 0.717) is 29.2 Å². The van der Waals surface area contributed by atoms with Gasteiger partial charge in [-0.3, -0.25) is 4.79 Å². The van der Waals surface area contributed by atoms with Crippen molar-refractivity contribution in [3.63, 3.8) is 0 Å². The molecule has 1 heterocycles. The van der Waals surface area contributed by atoms with Gasteiger partial charge in [-0.1, -0.05) is 19.8 Å². The topological polar surface area (TPSA) is 88.8 Å². The van der Waals surface area contributed by atoms with Crippen molar-refractivity contribution in [1.29, 1.82) is 0 Å². The molecule has 0 bridgehead atoms. The second-order valence-corrected chi connectivity index (χ2v) is 5.39. The summed E-state index contributed by atoms with van der Waals surface area (Å²) in [6.07, 6.45) is 3.44. The number of amides is 1. The lowest BCUT2D eigenvalue weighted by molar-refractivity contribution is -0.116. The van der Waals surface area contributed by atoms with E-state index in [0.717, 1.165) is 19.3 Å². The van der Waals surface area contributed by atoms with Gasteiger partial charge in [0.25, 0.3) is 0 Å². The second-order valence-electron chi connectivity index (χ2n) is 5.39. The zero-order valence-electron chi connectivity index (χ0n) is 13.8. The highest BCUT2D eigenvalue weighted by atomic mass is 16.5. The molecule has 1 aromatic heterocycles. The Labute approximate surface area is 140 Å². The molecule has 0 fully saturated rings. The van der Waals surface area contributed by atoms with E-state index in [1.54, 1.807) is 24.3 Å². The molecule has 0 aliphatic rings. The number of nitrogens with one attached hydrogen (secondary N) is 1. The zero-order chi connectivity index (χ0) is 17.5. The molecule has 0 saturated carbocycles. The molecule has 2 aromatic rings. The van der Waals surface area contributed by atoms with Crippen LogP contribution in [-0.2, 0) is 4.79 Å². The number of carbonyl (C=O) groups is 2. The summed E-state index contributed by atoms with van der Waals surface area (Å²) in [5.41, 5.74) is 1.25. The number of hydrogen-bond donors (Lipinski definition) is 2. The quantitative estimate of drug-likeness (QED) is 0.709. The lowest BCUT2D eigenvalue weighted by Gasteiger charge is -2.10. The fourth-order valence-corrected chi connectivity index (χ4v) is 2.33. The van der Waals surface area contributed by atoms with Crippen LogP contribution in [0.3, 0.4) is 0 Å². The minimum absolute atomic E-state index is 0.0376. The first-order chi connectivity index (χ1) is 11.5. The van der Waals surface area contributed by atoms with Gasteiger partial charge in [0, 0.05) is 18.2 Å². The van der Waals surface area contributed by atoms with Crippen LogP contribution in [0.4, 0.5) is 5.69 Å². The molecule has 6 heteroatoms. The number of carbonyl (C=O) groups excluding carboxylic acids is 1. The summed E-state index contributed by atoms with van der Waals surface area (Å²) in [4.78, 5) is 22.8. The molecular formula is C18H21NO5. The molecule has 0 spiro atoms. The van der Waals surface area contributed by atoms with Crippen molar-refractivity contribution in [2.45, 2.75) is 32.6 Å². The maximum absolute atomic E-state index is 11.9. The highest BCUT2D eigenvalue weighted by molar-refractivity contribution is 5.91. The predicted molar refractivity (Wildman–Crippen MR) is 90.4 cm³/mol. The Balaban J connectivity index is 2.15. The Kier molecular flexibility index (Phi) is 6.01. The number of carboxylic acids is 1. The number of furan rings is 1. The van der Waals surface area contributed by atoms with E-state index >= 15 is 0 Å². The van der Waals surface area contributed by atoms with Crippen molar-refractivity contribution in [3.8, 4) is 17.1 Å². The third-order valence-corrected chi connectivity index (χ3v) is 3.57. The molecule has 6 nitrogen and oxygen atoms in total. The number of ether oxygens (including phenoxy) is 1. The minimum Gasteiger partial charge on any atom is -0.496 e. The van der Waals surface area contributed by atoms with Crippen molar-refractivity contribution in [2.24, 2.45) is 0 Å². The van der Waals surface area contributed by atoms with Gasteiger partial charge in [-0.2, -0.15) is 0 Å². The zero-order valence-corrected chi connectivity index (χ0v) is 13.8. The van der Waals surface area contributed by atoms with Crippen LogP contribution in [0.2, 0.25) is 0 Å². The van der Waals surface area contributed by atoms with Crippen LogP contribution in [0, 0.1) is 0 Å². The number of methoxy groups -OCH3 is 1. The Morgan fingerprint density at radius 3 is 2.62 bits per heavy atom. The summed E-state index contributed by atoms with van der Waals surface area (Å²) in [6.45, 7) is 2.09. The third kappa shape index (κ3) is 4.38. The van der Waals surface area contributed by atoms with Crippen molar-refractivity contribution < 1.29 is 23.8 Å². The molecule has 2 rings (SSSR count). The van der Waals surface area contributed by atoms with Crippen LogP contribution in [0.1, 0.15) is 43.2 Å². The van der Waals surface area contributed by atoms with Crippen LogP contribution in [-0.4, -0.2) is 24.1 Å². The fraction of sp³-hybridized carbons (Fsp3) is 0.333. The lowest BCUT2D eigenvalue weighted by Crippen LogP contribution is -2.11. The number of aromatic carboxylic acids is 1. The van der Waals surface area contributed by atoms with Crippen LogP contribution < -0.4 is 10.1 Å². The number of rotatable bonds is 8. The lowest BCUT2D eigenvalue weighted by atomic mass is 10.1. The van der Waals surface area contributed by atoms with E-state index < -0.39 is 5.97 Å². The monoisotopic (exact) mass is 331 g/mol. The van der Waals surface area contributed by atoms with Crippen LogP contribution in [0.15, 0.2) is 34.7 Å². The molecule has 0 atom stereocenters. The van der Waals surface area contributed by atoms with E-state index in [-0.39, 0.29) is 11.7 Å². The Morgan fingerprint density at radius 1 is 1.21 bits per heavy atom. The summed E-state index contributed by atoms with van der Waals surface area (Å²) < 4.78 is 10.6. The number of benzene rings is 1. The van der Waals surface area contributed by atoms with Gasteiger partial charge in [-0.15, -0.1) is 0 Å². The normalized spacial score (nSPS) is 10.4. The van der Waals surface area contributed by atoms with Crippen molar-refractivity contribution in [2.75, 3.05) is 12.4 Å². The molecule has 0 aliphatic heterocycles. The second kappa shape index (κ2) is 8.19. The molecule has 0 aliphatic carbocycles. The van der Waals surface area contributed by atoms with Gasteiger partial charge in [-0.25, -0.2) is 4.79 Å². The summed E-state index contributed by atoms with van der Waals surface area (Å²) in [5.74, 6) is -0.418. The summed E-state index contributed by atoms with van der Waals surface area (Å²) in [7, 11) is 1.51. The van der Waals surface area contributed by atoms with E-state index in [1.165, 1.54) is 13.2 Å². The van der Waals surface area contributed by atoms with Gasteiger partial charge in [0.05, 0.1) is 12.7 Å². The first kappa shape index (κ1) is 17.6. The molecule has 0 saturated heterocycles. The summed E-state index contributed by atoms with van der Waals surface area (Å²) in [6, 6.07) is 8.12. The van der Waals surface area contributed by atoms with Crippen molar-refractivity contribution in [3.05, 3.63) is 36.1 Å². The average molecular weight is 331 g/mol. The first-order valence-electron chi connectivity index (χ1n) is 7.86. The number of carboxylic acid groups (broad SMARTS) is 1. The highest BCUT2D eigenvalue weighted by Gasteiger charge is 2.15. The van der Waals surface area contributed by atoms with Gasteiger partial charge >= 0.3 is 5.97 Å². The highest BCUT2D eigenvalue weighted by Crippen LogP contribution is 2.33. The smallest absolute Gasteiger partial charge is 0.371 e. The maximum atomic E-state index is 11.9. The Hall–Kier alpha value is -2.76. The SMILES string of the molecule is CCCCCC(=O)Nc1ccc(-c2ccc(C(=O)O)o2)c(OC)c1. The van der Waals surface area contributed by atoms with Crippen molar-refractivity contribution in [1.82, 2.24) is 0 Å². The largest absolute Gasteiger partial charge is 0.496 e. The van der Waals surface area contributed by atoms with Gasteiger partial charge in [0.1, 0.15) is 11.5 Å². The van der Waals surface area contributed by atoms with Gasteiger partial charge < -0.3 is 19.6 Å². The average Bonchev–Trinajstić information content (AvgIpc) is 3.05. The van der Waals surface area contributed by atoms with E-state index in [2.05, 4.69) is 12.2 Å². The molecule has 0 radical (unpaired) electrons. The van der Waals surface area contributed by atoms with Gasteiger partial charge in [0.2, 0.25) is 11.7 Å². The molecule has 24 heavy (non-hydrogen) atoms. The van der Waals surface area contributed by atoms with Crippen molar-refractivity contribution >= 4 is 17.6 Å². The summed E-state index contributed by atoms with van der Waals surface area (Å²) in [5, 5.41) is 11.8. The maximum Gasteiger partial charge on any atom is 0.371 e. The standard InChI is InChI=1S/C18H21NO5/c1-3-4-5-6-17(20)19-12-7-8-13(16(11-12)23-2)14-9-10-15(24-14)18(21)22/h7-11H,3-6H2,1-2H3,(H,19,20)(H,21,22). The molecule has 1 amide bonds. The fourth-order valence-electron chi connectivity index (χ4n) is 2.33. The first-order valence-corrected chi connectivity index (χ1v) is 7.86. The Morgan fingerprint density at radius 2 is 2.00 bits per heavy atom. The molecule has 128 valence electrons. The van der Waals surface area contributed by atoms with Gasteiger partial charge in [-0.05, 0) is 30.7 Å². The van der Waals surface area contributed by atoms with Crippen LogP contribution in [0.5, 0.6) is 5.75 Å². The molecule has 1 aromatic carbocycles. The van der Waals surface area contributed by atoms with E-state index in [1.807, 2.05) is 0 Å². The predicted octanol–water partition coefficient (Wildman–Crippen LogP) is 4.17.